The second-order valence-electron chi connectivity index (χ2n) is 3.99. The second-order valence-corrected chi connectivity index (χ2v) is 3.99. The van der Waals surface area contributed by atoms with Crippen molar-refractivity contribution in [3.8, 4) is 0 Å². The molecule has 1 N–H and O–H groups in total. The fourth-order valence-electron chi connectivity index (χ4n) is 2.28. The van der Waals surface area contributed by atoms with Crippen molar-refractivity contribution in [1.29, 1.82) is 0 Å². The predicted molar refractivity (Wildman–Crippen MR) is 76.1 cm³/mol. The smallest absolute Gasteiger partial charge is 0.0704 e. The standard InChI is InChI=1S/C14H13N.C2H6/c1-10-11-6-2-4-8-13(11)15-14-9-5-3-7-12(10)14;1-2/h2-9,13,15H,1H3;1-2H3. The highest BCUT2D eigenvalue weighted by Gasteiger charge is 2.21. The minimum atomic E-state index is 0.352. The summed E-state index contributed by atoms with van der Waals surface area (Å²) in [7, 11) is 0. The Kier molecular flexibility index (Phi) is 3.48. The maximum absolute atomic E-state index is 3.53. The van der Waals surface area contributed by atoms with Crippen LogP contribution in [0.3, 0.4) is 0 Å². The molecule has 1 aliphatic carbocycles. The molecule has 1 aromatic rings. The lowest BCUT2D eigenvalue weighted by Gasteiger charge is -2.29. The molecule has 0 spiro atoms. The Morgan fingerprint density at radius 2 is 1.82 bits per heavy atom. The molecule has 1 atom stereocenters. The number of para-hydroxylation sites is 1. The Morgan fingerprint density at radius 1 is 1.06 bits per heavy atom. The summed E-state index contributed by atoms with van der Waals surface area (Å²) in [4.78, 5) is 0. The van der Waals surface area contributed by atoms with E-state index in [0.717, 1.165) is 0 Å². The van der Waals surface area contributed by atoms with Gasteiger partial charge in [0.15, 0.2) is 0 Å². The van der Waals surface area contributed by atoms with Crippen LogP contribution in [0.2, 0.25) is 0 Å². The fraction of sp³-hybridized carbons (Fsp3) is 0.250. The largest absolute Gasteiger partial charge is 0.374 e. The summed E-state index contributed by atoms with van der Waals surface area (Å²) < 4.78 is 0. The summed E-state index contributed by atoms with van der Waals surface area (Å²) in [5, 5.41) is 3.53. The van der Waals surface area contributed by atoms with Gasteiger partial charge in [0.2, 0.25) is 0 Å². The summed E-state index contributed by atoms with van der Waals surface area (Å²) in [6.07, 6.45) is 8.60. The lowest BCUT2D eigenvalue weighted by molar-refractivity contribution is 1.02. The molecule has 17 heavy (non-hydrogen) atoms. The molecule has 1 heterocycles. The molecule has 0 saturated heterocycles. The average Bonchev–Trinajstić information content (AvgIpc) is 2.41. The SMILES string of the molecule is CC.CC1=C2C=CC=CC2Nc2ccccc21. The third-order valence-corrected chi connectivity index (χ3v) is 3.10. The minimum absolute atomic E-state index is 0.352. The number of hydrogen-bond donors (Lipinski definition) is 1. The molecule has 0 amide bonds. The molecule has 1 unspecified atom stereocenters. The van der Waals surface area contributed by atoms with Crippen molar-refractivity contribution in [2.24, 2.45) is 0 Å². The van der Waals surface area contributed by atoms with Crippen LogP contribution in [0.15, 0.2) is 54.1 Å². The molecule has 1 heteroatoms. The third kappa shape index (κ3) is 2.05. The van der Waals surface area contributed by atoms with E-state index >= 15 is 0 Å². The number of anilines is 1. The molecule has 2 aliphatic rings. The van der Waals surface area contributed by atoms with Gasteiger partial charge in [0, 0.05) is 11.3 Å². The number of rotatable bonds is 0. The maximum Gasteiger partial charge on any atom is 0.0704 e. The first kappa shape index (κ1) is 11.7. The monoisotopic (exact) mass is 225 g/mol. The van der Waals surface area contributed by atoms with Crippen molar-refractivity contribution in [1.82, 2.24) is 0 Å². The van der Waals surface area contributed by atoms with Crippen LogP contribution in [0.25, 0.3) is 5.57 Å². The summed E-state index contributed by atoms with van der Waals surface area (Å²) in [5.41, 5.74) is 5.33. The van der Waals surface area contributed by atoms with Crippen LogP contribution in [0.4, 0.5) is 5.69 Å². The van der Waals surface area contributed by atoms with Crippen LogP contribution >= 0.6 is 0 Å². The van der Waals surface area contributed by atoms with Gasteiger partial charge in [-0.25, -0.2) is 0 Å². The van der Waals surface area contributed by atoms with Crippen molar-refractivity contribution >= 4 is 11.3 Å². The van der Waals surface area contributed by atoms with Crippen molar-refractivity contribution < 1.29 is 0 Å². The molecule has 0 saturated carbocycles. The first-order valence-electron chi connectivity index (χ1n) is 6.28. The molecular formula is C16H19N. The minimum Gasteiger partial charge on any atom is -0.374 e. The lowest BCUT2D eigenvalue weighted by Crippen LogP contribution is -2.25. The van der Waals surface area contributed by atoms with Gasteiger partial charge in [0.05, 0.1) is 6.04 Å². The lowest BCUT2D eigenvalue weighted by atomic mass is 9.88. The highest BCUT2D eigenvalue weighted by Crippen LogP contribution is 2.35. The fourth-order valence-corrected chi connectivity index (χ4v) is 2.28. The van der Waals surface area contributed by atoms with E-state index in [1.165, 1.54) is 22.4 Å². The zero-order chi connectivity index (χ0) is 12.3. The van der Waals surface area contributed by atoms with Crippen LogP contribution in [0.1, 0.15) is 26.3 Å². The van der Waals surface area contributed by atoms with Gasteiger partial charge in [-0.15, -0.1) is 0 Å². The van der Waals surface area contributed by atoms with E-state index in [-0.39, 0.29) is 0 Å². The molecule has 88 valence electrons. The van der Waals surface area contributed by atoms with Gasteiger partial charge in [-0.2, -0.15) is 0 Å². The van der Waals surface area contributed by atoms with Gasteiger partial charge >= 0.3 is 0 Å². The van der Waals surface area contributed by atoms with E-state index in [1.807, 2.05) is 13.8 Å². The first-order valence-corrected chi connectivity index (χ1v) is 6.28. The van der Waals surface area contributed by atoms with Crippen molar-refractivity contribution in [3.05, 3.63) is 59.7 Å². The predicted octanol–water partition coefficient (Wildman–Crippen LogP) is 4.41. The Hall–Kier alpha value is -1.76. The topological polar surface area (TPSA) is 12.0 Å². The second kappa shape index (κ2) is 5.05. The Balaban J connectivity index is 0.000000514. The van der Waals surface area contributed by atoms with Gasteiger partial charge in [0.1, 0.15) is 0 Å². The van der Waals surface area contributed by atoms with Gasteiger partial charge in [-0.1, -0.05) is 56.4 Å². The summed E-state index contributed by atoms with van der Waals surface area (Å²) in [6, 6.07) is 8.83. The maximum atomic E-state index is 3.53. The third-order valence-electron chi connectivity index (χ3n) is 3.10. The molecule has 0 bridgehead atoms. The molecule has 1 aromatic carbocycles. The number of hydrogen-bond acceptors (Lipinski definition) is 1. The van der Waals surface area contributed by atoms with Crippen molar-refractivity contribution in [2.75, 3.05) is 5.32 Å². The first-order chi connectivity index (χ1) is 8.36. The van der Waals surface area contributed by atoms with E-state index < -0.39 is 0 Å². The molecule has 3 rings (SSSR count). The summed E-state index contributed by atoms with van der Waals surface area (Å²) in [6.45, 7) is 6.20. The number of allylic oxidation sites excluding steroid dienone is 3. The van der Waals surface area contributed by atoms with Crippen LogP contribution in [-0.4, -0.2) is 6.04 Å². The summed E-state index contributed by atoms with van der Waals surface area (Å²) >= 11 is 0. The van der Waals surface area contributed by atoms with E-state index in [4.69, 9.17) is 0 Å². The molecule has 1 nitrogen and oxygen atoms in total. The van der Waals surface area contributed by atoms with Crippen LogP contribution < -0.4 is 5.32 Å². The number of fused-ring (bicyclic) bond motifs is 2. The van der Waals surface area contributed by atoms with Gasteiger partial charge in [-0.05, 0) is 24.1 Å². The number of benzene rings is 1. The molecule has 0 fully saturated rings. The normalized spacial score (nSPS) is 19.8. The van der Waals surface area contributed by atoms with E-state index in [1.54, 1.807) is 0 Å². The Bertz CT molecular complexity index is 492. The number of nitrogens with one attached hydrogen (secondary N) is 1. The molecule has 1 aliphatic heterocycles. The van der Waals surface area contributed by atoms with Gasteiger partial charge < -0.3 is 5.32 Å². The van der Waals surface area contributed by atoms with E-state index in [9.17, 15) is 0 Å². The van der Waals surface area contributed by atoms with Crippen LogP contribution in [0, 0.1) is 0 Å². The highest BCUT2D eigenvalue weighted by atomic mass is 14.9. The van der Waals surface area contributed by atoms with E-state index in [2.05, 4.69) is 60.8 Å². The van der Waals surface area contributed by atoms with Crippen molar-refractivity contribution in [2.45, 2.75) is 26.8 Å². The average molecular weight is 225 g/mol. The summed E-state index contributed by atoms with van der Waals surface area (Å²) in [5.74, 6) is 0. The zero-order valence-corrected chi connectivity index (χ0v) is 10.7. The van der Waals surface area contributed by atoms with Gasteiger partial charge in [-0.3, -0.25) is 0 Å². The van der Waals surface area contributed by atoms with Crippen molar-refractivity contribution in [3.63, 3.8) is 0 Å². The Morgan fingerprint density at radius 3 is 2.65 bits per heavy atom. The quantitative estimate of drug-likeness (QED) is 0.689. The van der Waals surface area contributed by atoms with E-state index in [0.29, 0.717) is 6.04 Å². The van der Waals surface area contributed by atoms with Gasteiger partial charge in [0.25, 0.3) is 0 Å². The molecular weight excluding hydrogens is 206 g/mol. The molecule has 0 aromatic heterocycles. The van der Waals surface area contributed by atoms with Crippen LogP contribution in [-0.2, 0) is 0 Å². The highest BCUT2D eigenvalue weighted by molar-refractivity contribution is 5.84. The zero-order valence-electron chi connectivity index (χ0n) is 10.7. The van der Waals surface area contributed by atoms with Crippen LogP contribution in [0.5, 0.6) is 0 Å². The molecule has 0 radical (unpaired) electrons. The Labute approximate surface area is 104 Å².